The minimum atomic E-state index is -3.82. The van der Waals surface area contributed by atoms with Crippen LogP contribution in [-0.4, -0.2) is 84.4 Å². The van der Waals surface area contributed by atoms with E-state index in [9.17, 15) is 13.2 Å². The van der Waals surface area contributed by atoms with E-state index in [2.05, 4.69) is 22.0 Å². The van der Waals surface area contributed by atoms with Gasteiger partial charge in [-0.3, -0.25) is 9.69 Å². The van der Waals surface area contributed by atoms with Gasteiger partial charge in [0.15, 0.2) is 0 Å². The Kier molecular flexibility index (Phi) is 7.37. The molecule has 1 aromatic carbocycles. The molecular formula is C22H30ClN5O4S. The number of hydrogen-bond acceptors (Lipinski definition) is 7. The predicted molar refractivity (Wildman–Crippen MR) is 124 cm³/mol. The molecule has 1 aromatic heterocycles. The van der Waals surface area contributed by atoms with Crippen LogP contribution >= 0.6 is 11.6 Å². The fraction of sp³-hybridized carbons (Fsp3) is 0.591. The Bertz CT molecular complexity index is 1090. The van der Waals surface area contributed by atoms with Crippen molar-refractivity contribution in [3.63, 3.8) is 0 Å². The first-order chi connectivity index (χ1) is 15.8. The fourth-order valence-corrected chi connectivity index (χ4v) is 6.48. The molecule has 0 radical (unpaired) electrons. The van der Waals surface area contributed by atoms with Gasteiger partial charge in [-0.05, 0) is 44.0 Å². The molecule has 0 spiro atoms. The van der Waals surface area contributed by atoms with Crippen molar-refractivity contribution in [1.82, 2.24) is 24.2 Å². The lowest BCUT2D eigenvalue weighted by atomic mass is 9.96. The molecule has 0 bridgehead atoms. The number of nitrogens with zero attached hydrogens (tertiary/aromatic N) is 5. The highest BCUT2D eigenvalue weighted by Gasteiger charge is 2.35. The van der Waals surface area contributed by atoms with E-state index in [1.807, 2.05) is 4.90 Å². The third-order valence-corrected chi connectivity index (χ3v) is 8.74. The Morgan fingerprint density at radius 2 is 1.85 bits per heavy atom. The van der Waals surface area contributed by atoms with Crippen LogP contribution in [0.3, 0.4) is 0 Å². The van der Waals surface area contributed by atoms with Crippen molar-refractivity contribution in [3.8, 4) is 11.4 Å². The van der Waals surface area contributed by atoms with Crippen LogP contribution in [0.25, 0.3) is 11.4 Å². The predicted octanol–water partition coefficient (Wildman–Crippen LogP) is 2.65. The highest BCUT2D eigenvalue weighted by Crippen LogP contribution is 2.32. The first-order valence-electron chi connectivity index (χ1n) is 11.4. The number of carbonyl (C=O) groups is 1. The monoisotopic (exact) mass is 495 g/mol. The zero-order chi connectivity index (χ0) is 23.6. The molecular weight excluding hydrogens is 466 g/mol. The Balaban J connectivity index is 1.41. The molecule has 0 aliphatic carbocycles. The van der Waals surface area contributed by atoms with Gasteiger partial charge >= 0.3 is 0 Å². The summed E-state index contributed by atoms with van der Waals surface area (Å²) in [7, 11) is -3.82. The molecule has 0 N–H and O–H groups in total. The smallest absolute Gasteiger partial charge is 0.244 e. The van der Waals surface area contributed by atoms with Crippen molar-refractivity contribution >= 4 is 27.5 Å². The van der Waals surface area contributed by atoms with Crippen molar-refractivity contribution in [3.05, 3.63) is 29.1 Å². The van der Waals surface area contributed by atoms with Crippen LogP contribution in [0.5, 0.6) is 0 Å². The summed E-state index contributed by atoms with van der Waals surface area (Å²) < 4.78 is 33.1. The maximum atomic E-state index is 13.3. The molecule has 180 valence electrons. The molecule has 0 atom stereocenters. The Labute approximate surface area is 199 Å². The molecule has 9 nitrogen and oxygen atoms in total. The maximum absolute atomic E-state index is 13.3. The van der Waals surface area contributed by atoms with E-state index in [0.717, 1.165) is 39.1 Å². The van der Waals surface area contributed by atoms with Gasteiger partial charge in [-0.15, -0.1) is 0 Å². The van der Waals surface area contributed by atoms with Crippen molar-refractivity contribution < 1.29 is 17.7 Å². The molecule has 2 aromatic rings. The van der Waals surface area contributed by atoms with E-state index >= 15 is 0 Å². The van der Waals surface area contributed by atoms with E-state index in [0.29, 0.717) is 30.1 Å². The summed E-state index contributed by atoms with van der Waals surface area (Å²) in [5.74, 6) is 0.709. The molecule has 3 heterocycles. The molecule has 2 saturated heterocycles. The lowest BCUT2D eigenvalue weighted by Gasteiger charge is -2.38. The third kappa shape index (κ3) is 5.24. The van der Waals surface area contributed by atoms with Crippen molar-refractivity contribution in [2.45, 2.75) is 38.0 Å². The van der Waals surface area contributed by atoms with Crippen LogP contribution in [0.15, 0.2) is 27.6 Å². The van der Waals surface area contributed by atoms with Gasteiger partial charge in [0.25, 0.3) is 0 Å². The van der Waals surface area contributed by atoms with Gasteiger partial charge in [-0.2, -0.15) is 9.29 Å². The van der Waals surface area contributed by atoms with E-state index in [-0.39, 0.29) is 34.8 Å². The molecule has 1 amide bonds. The molecule has 2 aliphatic rings. The molecule has 11 heteroatoms. The minimum absolute atomic E-state index is 0.0148. The van der Waals surface area contributed by atoms with E-state index < -0.39 is 10.0 Å². The van der Waals surface area contributed by atoms with Crippen molar-refractivity contribution in [2.75, 3.05) is 45.8 Å². The summed E-state index contributed by atoms with van der Waals surface area (Å²) in [5, 5.41) is 4.00. The quantitative estimate of drug-likeness (QED) is 0.607. The van der Waals surface area contributed by atoms with E-state index in [1.54, 1.807) is 13.0 Å². The number of aryl methyl sites for hydroxylation is 1. The average Bonchev–Trinajstić information content (AvgIpc) is 3.26. The number of amides is 1. The first-order valence-corrected chi connectivity index (χ1v) is 13.2. The van der Waals surface area contributed by atoms with Gasteiger partial charge in [0.1, 0.15) is 4.90 Å². The Morgan fingerprint density at radius 1 is 1.15 bits per heavy atom. The highest BCUT2D eigenvalue weighted by molar-refractivity contribution is 7.89. The number of carbonyl (C=O) groups excluding carboxylic acids is 1. The molecule has 2 aliphatic heterocycles. The van der Waals surface area contributed by atoms with Gasteiger partial charge in [0, 0.05) is 57.7 Å². The third-order valence-electron chi connectivity index (χ3n) is 6.36. The van der Waals surface area contributed by atoms with Crippen LogP contribution in [0.1, 0.15) is 32.1 Å². The van der Waals surface area contributed by atoms with Gasteiger partial charge in [-0.1, -0.05) is 23.7 Å². The summed E-state index contributed by atoms with van der Waals surface area (Å²) in [4.78, 5) is 21.5. The zero-order valence-corrected chi connectivity index (χ0v) is 20.6. The molecule has 2 fully saturated rings. The van der Waals surface area contributed by atoms with Gasteiger partial charge in [-0.25, -0.2) is 8.42 Å². The molecule has 0 unspecified atom stereocenters. The fourth-order valence-electron chi connectivity index (χ4n) is 4.51. The van der Waals surface area contributed by atoms with Crippen molar-refractivity contribution in [1.29, 1.82) is 0 Å². The number of rotatable bonds is 6. The first kappa shape index (κ1) is 24.1. The summed E-state index contributed by atoms with van der Waals surface area (Å²) in [6.07, 6.45) is 2.13. The minimum Gasteiger partial charge on any atom is -0.340 e. The largest absolute Gasteiger partial charge is 0.340 e. The number of benzene rings is 1. The molecule has 33 heavy (non-hydrogen) atoms. The number of halogens is 1. The van der Waals surface area contributed by atoms with Crippen molar-refractivity contribution in [2.24, 2.45) is 5.92 Å². The second-order valence-corrected chi connectivity index (χ2v) is 10.9. The Hall–Kier alpha value is -2.01. The Morgan fingerprint density at radius 3 is 2.45 bits per heavy atom. The normalized spacial score (nSPS) is 19.2. The number of piperidine rings is 1. The van der Waals surface area contributed by atoms with Crippen LogP contribution in [0.4, 0.5) is 0 Å². The lowest BCUT2D eigenvalue weighted by Crippen LogP contribution is -2.52. The maximum Gasteiger partial charge on any atom is 0.244 e. The number of piperazine rings is 1. The SMILES string of the molecule is CCCN1CCN(C(=O)C2CCN(S(=O)(=O)c3cc(-c4noc(C)n4)ccc3Cl)CC2)CC1. The highest BCUT2D eigenvalue weighted by atomic mass is 35.5. The van der Waals surface area contributed by atoms with Gasteiger partial charge in [0.05, 0.1) is 5.02 Å². The number of sulfonamides is 1. The number of aromatic nitrogens is 2. The summed E-state index contributed by atoms with van der Waals surface area (Å²) in [6.45, 7) is 8.77. The molecule has 0 saturated carbocycles. The van der Waals surface area contributed by atoms with Crippen LogP contribution in [0.2, 0.25) is 5.02 Å². The average molecular weight is 496 g/mol. The second-order valence-electron chi connectivity index (χ2n) is 8.63. The van der Waals surface area contributed by atoms with Crippen LogP contribution in [-0.2, 0) is 14.8 Å². The van der Waals surface area contributed by atoms with Gasteiger partial charge in [0.2, 0.25) is 27.6 Å². The topological polar surface area (TPSA) is 99.8 Å². The summed E-state index contributed by atoms with van der Waals surface area (Å²) in [5.41, 5.74) is 0.516. The molecule has 4 rings (SSSR count). The van der Waals surface area contributed by atoms with Crippen LogP contribution < -0.4 is 0 Å². The van der Waals surface area contributed by atoms with Gasteiger partial charge < -0.3 is 9.42 Å². The zero-order valence-electron chi connectivity index (χ0n) is 19.0. The number of hydrogen-bond donors (Lipinski definition) is 0. The van der Waals surface area contributed by atoms with E-state index in [1.165, 1.54) is 16.4 Å². The lowest BCUT2D eigenvalue weighted by molar-refractivity contribution is -0.138. The summed E-state index contributed by atoms with van der Waals surface area (Å²) in [6, 6.07) is 4.68. The van der Waals surface area contributed by atoms with Crippen LogP contribution in [0, 0.1) is 12.8 Å². The summed E-state index contributed by atoms with van der Waals surface area (Å²) >= 11 is 6.27. The van der Waals surface area contributed by atoms with E-state index in [4.69, 9.17) is 16.1 Å². The second kappa shape index (κ2) is 10.1. The standard InChI is InChI=1S/C22H30ClN5O4S/c1-3-8-26-11-13-27(14-12-26)22(29)17-6-9-28(10-7-17)33(30,31)20-15-18(4-5-19(20)23)21-24-16(2)32-25-21/h4-5,15,17H,3,6-14H2,1-2H3.